The van der Waals surface area contributed by atoms with Gasteiger partial charge in [-0.15, -0.1) is 0 Å². The fraction of sp³-hybridized carbons (Fsp3) is 0.750. The van der Waals surface area contributed by atoms with Gasteiger partial charge in [-0.2, -0.15) is 0 Å². The van der Waals surface area contributed by atoms with E-state index in [2.05, 4.69) is 41.4 Å². The molecule has 1 aromatic heterocycles. The lowest BCUT2D eigenvalue weighted by Crippen LogP contribution is -2.43. The van der Waals surface area contributed by atoms with Crippen LogP contribution < -0.4 is 10.6 Å². The second-order valence-electron chi connectivity index (χ2n) is 6.77. The number of rotatable bonds is 3. The van der Waals surface area contributed by atoms with E-state index in [4.69, 9.17) is 4.42 Å². The van der Waals surface area contributed by atoms with Crippen LogP contribution in [0.3, 0.4) is 0 Å². The molecule has 1 aliphatic carbocycles. The average Bonchev–Trinajstić information content (AvgIpc) is 2.93. The summed E-state index contributed by atoms with van der Waals surface area (Å²) in [7, 11) is 1.80. The van der Waals surface area contributed by atoms with Crippen LogP contribution >= 0.6 is 0 Å². The van der Waals surface area contributed by atoms with Crippen molar-refractivity contribution in [2.75, 3.05) is 7.05 Å². The van der Waals surface area contributed by atoms with Crippen LogP contribution in [0.2, 0.25) is 0 Å². The van der Waals surface area contributed by atoms with E-state index in [1.54, 1.807) is 7.05 Å². The molecule has 0 unspecified atom stereocenters. The van der Waals surface area contributed by atoms with Crippen molar-refractivity contribution < 1.29 is 4.42 Å². The number of oxazole rings is 1. The number of guanidine groups is 1. The Kier molecular flexibility index (Phi) is 5.26. The Morgan fingerprint density at radius 2 is 2.05 bits per heavy atom. The van der Waals surface area contributed by atoms with Gasteiger partial charge in [0.25, 0.3) is 0 Å². The van der Waals surface area contributed by atoms with Crippen molar-refractivity contribution in [2.24, 2.45) is 4.99 Å². The first-order valence-corrected chi connectivity index (χ1v) is 7.91. The third kappa shape index (κ3) is 4.76. The van der Waals surface area contributed by atoms with Gasteiger partial charge in [0.2, 0.25) is 5.89 Å². The third-order valence-electron chi connectivity index (χ3n) is 3.87. The standard InChI is InChI=1S/C16H28N4O/c1-16(2,3)13-10-18-14(21-13)11-19-15(17-4)20-12-8-6-5-7-9-12/h10,12H,5-9,11H2,1-4H3,(H2,17,19,20). The summed E-state index contributed by atoms with van der Waals surface area (Å²) in [5.41, 5.74) is -0.00667. The van der Waals surface area contributed by atoms with E-state index in [1.807, 2.05) is 6.20 Å². The molecule has 5 nitrogen and oxygen atoms in total. The minimum Gasteiger partial charge on any atom is -0.443 e. The highest BCUT2D eigenvalue weighted by Gasteiger charge is 2.19. The van der Waals surface area contributed by atoms with Crippen LogP contribution in [0.25, 0.3) is 0 Å². The third-order valence-corrected chi connectivity index (χ3v) is 3.87. The lowest BCUT2D eigenvalue weighted by atomic mass is 9.94. The molecule has 0 aliphatic heterocycles. The average molecular weight is 292 g/mol. The monoisotopic (exact) mass is 292 g/mol. The molecule has 2 N–H and O–H groups in total. The van der Waals surface area contributed by atoms with Crippen molar-refractivity contribution in [1.29, 1.82) is 0 Å². The maximum atomic E-state index is 5.78. The summed E-state index contributed by atoms with van der Waals surface area (Å²) in [5.74, 6) is 2.44. The van der Waals surface area contributed by atoms with Gasteiger partial charge in [-0.25, -0.2) is 4.98 Å². The number of aliphatic imine (C=N–C) groups is 1. The van der Waals surface area contributed by atoms with E-state index in [1.165, 1.54) is 32.1 Å². The van der Waals surface area contributed by atoms with Crippen LogP contribution in [0.4, 0.5) is 0 Å². The van der Waals surface area contributed by atoms with E-state index in [0.717, 1.165) is 11.7 Å². The highest BCUT2D eigenvalue weighted by Crippen LogP contribution is 2.22. The summed E-state index contributed by atoms with van der Waals surface area (Å²) in [6, 6.07) is 0.541. The molecule has 118 valence electrons. The normalized spacial score (nSPS) is 17.8. The smallest absolute Gasteiger partial charge is 0.213 e. The van der Waals surface area contributed by atoms with Crippen molar-refractivity contribution >= 4 is 5.96 Å². The maximum absolute atomic E-state index is 5.78. The summed E-state index contributed by atoms with van der Waals surface area (Å²) in [6.07, 6.45) is 8.25. The van der Waals surface area contributed by atoms with Crippen molar-refractivity contribution in [3.05, 3.63) is 17.8 Å². The molecule has 5 heteroatoms. The van der Waals surface area contributed by atoms with Crippen molar-refractivity contribution in [2.45, 2.75) is 70.9 Å². The molecule has 0 radical (unpaired) electrons. The minimum absolute atomic E-state index is 0.00667. The van der Waals surface area contributed by atoms with Crippen LogP contribution in [-0.2, 0) is 12.0 Å². The summed E-state index contributed by atoms with van der Waals surface area (Å²) in [6.45, 7) is 6.92. The molecule has 1 heterocycles. The molecular weight excluding hydrogens is 264 g/mol. The fourth-order valence-corrected chi connectivity index (χ4v) is 2.53. The van der Waals surface area contributed by atoms with Crippen LogP contribution in [0.15, 0.2) is 15.6 Å². The number of nitrogens with one attached hydrogen (secondary N) is 2. The molecule has 2 rings (SSSR count). The summed E-state index contributed by atoms with van der Waals surface area (Å²) in [4.78, 5) is 8.60. The molecule has 21 heavy (non-hydrogen) atoms. The van der Waals surface area contributed by atoms with Gasteiger partial charge in [0, 0.05) is 18.5 Å². The SMILES string of the molecule is CN=C(NCc1ncc(C(C)(C)C)o1)NC1CCCCC1. The Morgan fingerprint density at radius 1 is 1.33 bits per heavy atom. The Morgan fingerprint density at radius 3 is 2.62 bits per heavy atom. The van der Waals surface area contributed by atoms with E-state index >= 15 is 0 Å². The maximum Gasteiger partial charge on any atom is 0.213 e. The van der Waals surface area contributed by atoms with Gasteiger partial charge in [0.05, 0.1) is 12.7 Å². The Labute approximate surface area is 127 Å². The molecule has 1 aliphatic rings. The van der Waals surface area contributed by atoms with Crippen LogP contribution in [0, 0.1) is 0 Å². The quantitative estimate of drug-likeness (QED) is 0.664. The fourth-order valence-electron chi connectivity index (χ4n) is 2.53. The molecule has 1 aromatic rings. The second-order valence-corrected chi connectivity index (χ2v) is 6.77. The molecule has 0 amide bonds. The summed E-state index contributed by atoms with van der Waals surface area (Å²) in [5, 5.41) is 6.76. The zero-order valence-corrected chi connectivity index (χ0v) is 13.7. The zero-order chi connectivity index (χ0) is 15.3. The molecular formula is C16H28N4O. The number of hydrogen-bond acceptors (Lipinski definition) is 3. The van der Waals surface area contributed by atoms with E-state index in [9.17, 15) is 0 Å². The Balaban J connectivity index is 1.84. The van der Waals surface area contributed by atoms with E-state index in [-0.39, 0.29) is 5.41 Å². The lowest BCUT2D eigenvalue weighted by Gasteiger charge is -2.24. The van der Waals surface area contributed by atoms with E-state index in [0.29, 0.717) is 18.5 Å². The van der Waals surface area contributed by atoms with Gasteiger partial charge in [-0.3, -0.25) is 4.99 Å². The summed E-state index contributed by atoms with van der Waals surface area (Å²) >= 11 is 0. The van der Waals surface area contributed by atoms with Gasteiger partial charge in [-0.1, -0.05) is 40.0 Å². The van der Waals surface area contributed by atoms with Crippen LogP contribution in [0.1, 0.15) is 64.5 Å². The molecule has 1 fully saturated rings. The van der Waals surface area contributed by atoms with Crippen molar-refractivity contribution in [1.82, 2.24) is 15.6 Å². The molecule has 0 spiro atoms. The molecule has 0 atom stereocenters. The van der Waals surface area contributed by atoms with Gasteiger partial charge in [0.1, 0.15) is 5.76 Å². The molecule has 0 bridgehead atoms. The Hall–Kier alpha value is -1.52. The van der Waals surface area contributed by atoms with Crippen LogP contribution in [0.5, 0.6) is 0 Å². The lowest BCUT2D eigenvalue weighted by molar-refractivity contribution is 0.377. The van der Waals surface area contributed by atoms with Gasteiger partial charge >= 0.3 is 0 Å². The molecule has 0 saturated heterocycles. The number of hydrogen-bond donors (Lipinski definition) is 2. The van der Waals surface area contributed by atoms with Gasteiger partial charge < -0.3 is 15.1 Å². The van der Waals surface area contributed by atoms with E-state index < -0.39 is 0 Å². The first-order chi connectivity index (χ1) is 9.99. The molecule has 0 aromatic carbocycles. The van der Waals surface area contributed by atoms with Gasteiger partial charge in [-0.05, 0) is 12.8 Å². The molecule has 1 saturated carbocycles. The first kappa shape index (κ1) is 15.9. The Bertz CT molecular complexity index is 467. The predicted octanol–water partition coefficient (Wildman–Crippen LogP) is 2.97. The second kappa shape index (κ2) is 6.96. The largest absolute Gasteiger partial charge is 0.443 e. The van der Waals surface area contributed by atoms with Crippen molar-refractivity contribution in [3.63, 3.8) is 0 Å². The predicted molar refractivity (Wildman–Crippen MR) is 85.4 cm³/mol. The minimum atomic E-state index is -0.00667. The number of nitrogens with zero attached hydrogens (tertiary/aromatic N) is 2. The number of aromatic nitrogens is 1. The summed E-state index contributed by atoms with van der Waals surface area (Å²) < 4.78 is 5.78. The zero-order valence-electron chi connectivity index (χ0n) is 13.7. The van der Waals surface area contributed by atoms with Crippen LogP contribution in [-0.4, -0.2) is 24.0 Å². The topological polar surface area (TPSA) is 62.5 Å². The highest BCUT2D eigenvalue weighted by molar-refractivity contribution is 5.79. The first-order valence-electron chi connectivity index (χ1n) is 7.91. The van der Waals surface area contributed by atoms with Gasteiger partial charge in [0.15, 0.2) is 5.96 Å². The highest BCUT2D eigenvalue weighted by atomic mass is 16.4. The van der Waals surface area contributed by atoms with Crippen molar-refractivity contribution in [3.8, 4) is 0 Å².